The molecule has 0 radical (unpaired) electrons. The standard InChI is InChI=1S/C22H23N/c1-5-7-8-11-17-13-18(6-2)21-16(4)19-12-9-10-15(3)22(19)23-20(21)14-17/h2,9-10,12-14,23H,4-5,7-8,11H2,1,3H3. The van der Waals surface area contributed by atoms with Gasteiger partial charge in [0.05, 0.1) is 0 Å². The molecule has 1 heteroatoms. The van der Waals surface area contributed by atoms with Gasteiger partial charge in [-0.1, -0.05) is 50.5 Å². The zero-order valence-corrected chi connectivity index (χ0v) is 14.0. The Kier molecular flexibility index (Phi) is 4.26. The fourth-order valence-electron chi connectivity index (χ4n) is 3.32. The van der Waals surface area contributed by atoms with Crippen molar-refractivity contribution in [3.63, 3.8) is 0 Å². The molecule has 0 aromatic heterocycles. The predicted molar refractivity (Wildman–Crippen MR) is 100 cm³/mol. The molecule has 2 aromatic carbocycles. The minimum absolute atomic E-state index is 0.943. The summed E-state index contributed by atoms with van der Waals surface area (Å²) in [6.45, 7) is 8.67. The third-order valence-electron chi connectivity index (χ3n) is 4.58. The molecule has 1 nitrogen and oxygen atoms in total. The lowest BCUT2D eigenvalue weighted by Gasteiger charge is -2.27. The Morgan fingerprint density at radius 3 is 2.78 bits per heavy atom. The van der Waals surface area contributed by atoms with Gasteiger partial charge in [-0.25, -0.2) is 0 Å². The van der Waals surface area contributed by atoms with E-state index in [9.17, 15) is 0 Å². The van der Waals surface area contributed by atoms with Crippen LogP contribution in [0.2, 0.25) is 0 Å². The highest BCUT2D eigenvalue weighted by molar-refractivity contribution is 5.98. The largest absolute Gasteiger partial charge is 0.354 e. The Bertz CT molecular complexity index is 805. The van der Waals surface area contributed by atoms with Crippen LogP contribution in [0.4, 0.5) is 11.4 Å². The summed E-state index contributed by atoms with van der Waals surface area (Å²) in [5.74, 6) is 2.86. The van der Waals surface area contributed by atoms with Gasteiger partial charge in [0.15, 0.2) is 0 Å². The molecule has 1 aliphatic heterocycles. The minimum Gasteiger partial charge on any atom is -0.354 e. The zero-order valence-electron chi connectivity index (χ0n) is 14.0. The zero-order chi connectivity index (χ0) is 16.4. The highest BCUT2D eigenvalue weighted by Gasteiger charge is 2.22. The lowest BCUT2D eigenvalue weighted by Crippen LogP contribution is -2.09. The Morgan fingerprint density at radius 1 is 1.22 bits per heavy atom. The van der Waals surface area contributed by atoms with Crippen molar-refractivity contribution in [1.29, 1.82) is 0 Å². The molecule has 116 valence electrons. The van der Waals surface area contributed by atoms with Crippen LogP contribution >= 0.6 is 0 Å². The van der Waals surface area contributed by atoms with Gasteiger partial charge in [-0.2, -0.15) is 0 Å². The summed E-state index contributed by atoms with van der Waals surface area (Å²) in [5.41, 5.74) is 8.97. The molecule has 0 atom stereocenters. The van der Waals surface area contributed by atoms with Crippen molar-refractivity contribution in [3.05, 3.63) is 64.7 Å². The molecule has 1 aliphatic rings. The quantitative estimate of drug-likeness (QED) is 0.472. The molecule has 0 amide bonds. The van der Waals surface area contributed by atoms with Gasteiger partial charge in [-0.15, -0.1) is 6.42 Å². The average molecular weight is 301 g/mol. The van der Waals surface area contributed by atoms with Crippen molar-refractivity contribution in [2.24, 2.45) is 0 Å². The molecule has 1 N–H and O–H groups in total. The third kappa shape index (κ3) is 2.78. The van der Waals surface area contributed by atoms with Gasteiger partial charge in [0.2, 0.25) is 0 Å². The van der Waals surface area contributed by atoms with Crippen molar-refractivity contribution >= 4 is 16.9 Å². The Labute approximate surface area is 139 Å². The second-order valence-corrected chi connectivity index (χ2v) is 6.27. The molecule has 0 saturated carbocycles. The lowest BCUT2D eigenvalue weighted by atomic mass is 9.86. The molecule has 0 bridgehead atoms. The van der Waals surface area contributed by atoms with E-state index in [2.05, 4.69) is 62.0 Å². The topological polar surface area (TPSA) is 12.0 Å². The first kappa shape index (κ1) is 15.4. The molecule has 0 fully saturated rings. The molecule has 1 heterocycles. The number of hydrogen-bond donors (Lipinski definition) is 1. The number of hydrogen-bond acceptors (Lipinski definition) is 1. The first-order chi connectivity index (χ1) is 11.2. The van der Waals surface area contributed by atoms with Crippen LogP contribution in [0, 0.1) is 19.3 Å². The fourth-order valence-corrected chi connectivity index (χ4v) is 3.32. The maximum atomic E-state index is 5.79. The number of aryl methyl sites for hydroxylation is 2. The normalized spacial score (nSPS) is 12.1. The van der Waals surface area contributed by atoms with Crippen LogP contribution in [0.25, 0.3) is 5.57 Å². The Morgan fingerprint density at radius 2 is 2.04 bits per heavy atom. The smallest absolute Gasteiger partial charge is 0.0493 e. The van der Waals surface area contributed by atoms with Crippen LogP contribution in [0.15, 0.2) is 36.9 Å². The van der Waals surface area contributed by atoms with Gasteiger partial charge in [0.25, 0.3) is 0 Å². The summed E-state index contributed by atoms with van der Waals surface area (Å²) in [6.07, 6.45) is 10.6. The summed E-state index contributed by atoms with van der Waals surface area (Å²) in [4.78, 5) is 0. The first-order valence-corrected chi connectivity index (χ1v) is 8.35. The van der Waals surface area contributed by atoms with Gasteiger partial charge in [-0.3, -0.25) is 0 Å². The van der Waals surface area contributed by atoms with E-state index >= 15 is 0 Å². The maximum Gasteiger partial charge on any atom is 0.0493 e. The van der Waals surface area contributed by atoms with Crippen LogP contribution in [-0.2, 0) is 6.42 Å². The van der Waals surface area contributed by atoms with Crippen molar-refractivity contribution in [2.75, 3.05) is 5.32 Å². The van der Waals surface area contributed by atoms with E-state index in [4.69, 9.17) is 6.42 Å². The molecule has 0 unspecified atom stereocenters. The molecule has 2 aromatic rings. The van der Waals surface area contributed by atoms with Crippen LogP contribution in [0.3, 0.4) is 0 Å². The van der Waals surface area contributed by atoms with Crippen molar-refractivity contribution < 1.29 is 0 Å². The van der Waals surface area contributed by atoms with E-state index in [0.717, 1.165) is 40.1 Å². The van der Waals surface area contributed by atoms with Crippen molar-refractivity contribution in [1.82, 2.24) is 0 Å². The van der Waals surface area contributed by atoms with Crippen LogP contribution in [0.5, 0.6) is 0 Å². The molecular weight excluding hydrogens is 278 g/mol. The number of para-hydroxylation sites is 1. The van der Waals surface area contributed by atoms with Gasteiger partial charge in [0, 0.05) is 28.1 Å². The third-order valence-corrected chi connectivity index (χ3v) is 4.58. The summed E-state index contributed by atoms with van der Waals surface area (Å²) in [7, 11) is 0. The van der Waals surface area contributed by atoms with Crippen LogP contribution in [-0.4, -0.2) is 0 Å². The van der Waals surface area contributed by atoms with E-state index in [-0.39, 0.29) is 0 Å². The van der Waals surface area contributed by atoms with E-state index in [1.165, 1.54) is 30.4 Å². The predicted octanol–water partition coefficient (Wildman–Crippen LogP) is 5.83. The maximum absolute atomic E-state index is 5.79. The molecule has 0 saturated heterocycles. The monoisotopic (exact) mass is 301 g/mol. The summed E-state index contributed by atoms with van der Waals surface area (Å²) in [5, 5.41) is 3.59. The molecular formula is C22H23N. The second-order valence-electron chi connectivity index (χ2n) is 6.27. The highest BCUT2D eigenvalue weighted by Crippen LogP contribution is 2.43. The number of anilines is 2. The minimum atomic E-state index is 0.943. The van der Waals surface area contributed by atoms with Crippen LogP contribution in [0.1, 0.15) is 54.0 Å². The van der Waals surface area contributed by atoms with E-state index < -0.39 is 0 Å². The SMILES string of the molecule is C#Cc1cc(CCCCC)cc2c1C(=C)c1cccc(C)c1N2. The fraction of sp³-hybridized carbons (Fsp3) is 0.273. The van der Waals surface area contributed by atoms with E-state index in [1.807, 2.05) is 0 Å². The number of terminal acetylenes is 1. The average Bonchev–Trinajstić information content (AvgIpc) is 2.55. The van der Waals surface area contributed by atoms with Crippen molar-refractivity contribution in [3.8, 4) is 12.3 Å². The lowest BCUT2D eigenvalue weighted by molar-refractivity contribution is 0.717. The number of benzene rings is 2. The van der Waals surface area contributed by atoms with Gasteiger partial charge < -0.3 is 5.32 Å². The Balaban J connectivity index is 2.06. The number of fused-ring (bicyclic) bond motifs is 2. The summed E-state index contributed by atoms with van der Waals surface area (Å²) < 4.78 is 0. The summed E-state index contributed by atoms with van der Waals surface area (Å²) >= 11 is 0. The highest BCUT2D eigenvalue weighted by atomic mass is 14.9. The number of nitrogens with one attached hydrogen (secondary N) is 1. The first-order valence-electron chi connectivity index (χ1n) is 8.35. The van der Waals surface area contributed by atoms with E-state index in [1.54, 1.807) is 0 Å². The van der Waals surface area contributed by atoms with Crippen LogP contribution < -0.4 is 5.32 Å². The second kappa shape index (κ2) is 6.34. The molecule has 23 heavy (non-hydrogen) atoms. The summed E-state index contributed by atoms with van der Waals surface area (Å²) in [6, 6.07) is 10.7. The van der Waals surface area contributed by atoms with Gasteiger partial charge in [-0.05, 0) is 48.6 Å². The van der Waals surface area contributed by atoms with Gasteiger partial charge in [0.1, 0.15) is 0 Å². The number of rotatable bonds is 4. The Hall–Kier alpha value is -2.46. The molecule has 0 aliphatic carbocycles. The molecule has 3 rings (SSSR count). The van der Waals surface area contributed by atoms with E-state index in [0.29, 0.717) is 0 Å². The van der Waals surface area contributed by atoms with Gasteiger partial charge >= 0.3 is 0 Å². The number of unbranched alkanes of at least 4 members (excludes halogenated alkanes) is 2. The molecule has 0 spiro atoms. The van der Waals surface area contributed by atoms with Crippen molar-refractivity contribution in [2.45, 2.75) is 39.5 Å².